The molecule has 6 nitrogen and oxygen atoms in total. The summed E-state index contributed by atoms with van der Waals surface area (Å²) < 4.78 is 1.86. The van der Waals surface area contributed by atoms with Crippen molar-refractivity contribution in [1.29, 1.82) is 0 Å². The Balaban J connectivity index is 1.62. The van der Waals surface area contributed by atoms with Gasteiger partial charge in [0.05, 0.1) is 5.69 Å². The Labute approximate surface area is 163 Å². The maximum absolute atomic E-state index is 12.3. The highest BCUT2D eigenvalue weighted by Gasteiger charge is 2.18. The Morgan fingerprint density at radius 2 is 1.96 bits per heavy atom. The molecule has 0 saturated heterocycles. The van der Waals surface area contributed by atoms with Gasteiger partial charge >= 0.3 is 0 Å². The number of aryl methyl sites for hydroxylation is 2. The second-order valence-corrected chi connectivity index (χ2v) is 7.65. The van der Waals surface area contributed by atoms with Crippen LogP contribution in [-0.2, 0) is 18.3 Å². The normalized spacial score (nSPS) is 12.1. The lowest BCUT2D eigenvalue weighted by Crippen LogP contribution is -2.12. The molecule has 1 amide bonds. The summed E-state index contributed by atoms with van der Waals surface area (Å²) in [6, 6.07) is 10.3. The molecule has 0 radical (unpaired) electrons. The van der Waals surface area contributed by atoms with Gasteiger partial charge < -0.3 is 5.32 Å². The molecule has 0 spiro atoms. The van der Waals surface area contributed by atoms with Crippen LogP contribution in [0.5, 0.6) is 0 Å². The van der Waals surface area contributed by atoms with Crippen molar-refractivity contribution >= 4 is 22.4 Å². The van der Waals surface area contributed by atoms with Crippen LogP contribution in [0.3, 0.4) is 0 Å². The molecule has 0 aliphatic carbocycles. The molecular formula is C20H25N5OS. The summed E-state index contributed by atoms with van der Waals surface area (Å²) in [5.41, 5.74) is 4.44. The van der Waals surface area contributed by atoms with Crippen molar-refractivity contribution < 1.29 is 4.79 Å². The number of carbonyl (C=O) groups excluding carboxylic acids is 1. The molecule has 0 bridgehead atoms. The lowest BCUT2D eigenvalue weighted by atomic mass is 9.97. The van der Waals surface area contributed by atoms with Crippen LogP contribution in [0.4, 0.5) is 5.13 Å². The lowest BCUT2D eigenvalue weighted by molar-refractivity contribution is -0.116. The summed E-state index contributed by atoms with van der Waals surface area (Å²) in [4.78, 5) is 12.3. The smallest absolute Gasteiger partial charge is 0.226 e. The van der Waals surface area contributed by atoms with Gasteiger partial charge in [0.25, 0.3) is 0 Å². The molecule has 3 rings (SSSR count). The summed E-state index contributed by atoms with van der Waals surface area (Å²) in [7, 11) is 1.92. The van der Waals surface area contributed by atoms with Gasteiger partial charge in [0.15, 0.2) is 0 Å². The van der Waals surface area contributed by atoms with Crippen LogP contribution in [-0.4, -0.2) is 25.9 Å². The summed E-state index contributed by atoms with van der Waals surface area (Å²) in [6.45, 7) is 6.14. The van der Waals surface area contributed by atoms with Crippen molar-refractivity contribution in [2.24, 2.45) is 7.05 Å². The highest BCUT2D eigenvalue weighted by molar-refractivity contribution is 7.15. The number of nitrogens with one attached hydrogen (secondary N) is 1. The van der Waals surface area contributed by atoms with Crippen LogP contribution in [0, 0.1) is 13.8 Å². The van der Waals surface area contributed by atoms with Gasteiger partial charge in [-0.3, -0.25) is 9.48 Å². The van der Waals surface area contributed by atoms with E-state index >= 15 is 0 Å². The first-order valence-corrected chi connectivity index (χ1v) is 9.98. The molecule has 0 aliphatic rings. The zero-order valence-corrected chi connectivity index (χ0v) is 17.0. The van der Waals surface area contributed by atoms with E-state index in [0.29, 0.717) is 18.0 Å². The third kappa shape index (κ3) is 4.42. The average Bonchev–Trinajstić information content (AvgIpc) is 3.20. The van der Waals surface area contributed by atoms with E-state index in [1.54, 1.807) is 0 Å². The third-order valence-corrected chi connectivity index (χ3v) is 5.81. The number of amides is 1. The molecule has 142 valence electrons. The Kier molecular flexibility index (Phi) is 6.01. The highest BCUT2D eigenvalue weighted by Crippen LogP contribution is 2.31. The number of benzene rings is 1. The van der Waals surface area contributed by atoms with Crippen LogP contribution in [0.2, 0.25) is 0 Å². The van der Waals surface area contributed by atoms with E-state index in [2.05, 4.69) is 39.7 Å². The quantitative estimate of drug-likeness (QED) is 0.669. The van der Waals surface area contributed by atoms with Crippen molar-refractivity contribution in [2.75, 3.05) is 5.32 Å². The van der Waals surface area contributed by atoms with Gasteiger partial charge in [-0.2, -0.15) is 5.10 Å². The number of nitrogens with zero attached hydrogens (tertiary/aromatic N) is 4. The first kappa shape index (κ1) is 19.2. The minimum absolute atomic E-state index is 0.0480. The third-order valence-electron chi connectivity index (χ3n) is 4.86. The van der Waals surface area contributed by atoms with E-state index in [9.17, 15) is 4.79 Å². The molecule has 0 fully saturated rings. The summed E-state index contributed by atoms with van der Waals surface area (Å²) >= 11 is 1.45. The Hall–Kier alpha value is -2.54. The monoisotopic (exact) mass is 383 g/mol. The number of aromatic nitrogens is 4. The largest absolute Gasteiger partial charge is 0.301 e. The molecule has 27 heavy (non-hydrogen) atoms. The summed E-state index contributed by atoms with van der Waals surface area (Å²) in [6.07, 6.45) is 2.01. The molecule has 0 saturated carbocycles. The van der Waals surface area contributed by atoms with Gasteiger partial charge in [-0.25, -0.2) is 0 Å². The Bertz CT molecular complexity index is 916. The number of hydrogen-bond acceptors (Lipinski definition) is 5. The SMILES string of the molecule is CCC(c1ccccc1)c1nnc(NC(=O)CCc2c(C)nn(C)c2C)s1. The molecule has 1 N–H and O–H groups in total. The molecule has 1 atom stereocenters. The van der Waals surface area contributed by atoms with Gasteiger partial charge in [0.1, 0.15) is 5.01 Å². The van der Waals surface area contributed by atoms with E-state index in [4.69, 9.17) is 0 Å². The zero-order chi connectivity index (χ0) is 19.4. The molecule has 2 aromatic heterocycles. The average molecular weight is 384 g/mol. The molecule has 0 aliphatic heterocycles. The fourth-order valence-corrected chi connectivity index (χ4v) is 4.23. The molecule has 3 aromatic rings. The Morgan fingerprint density at radius 3 is 2.59 bits per heavy atom. The van der Waals surface area contributed by atoms with Gasteiger partial charge in [0.2, 0.25) is 11.0 Å². The number of carbonyl (C=O) groups is 1. The van der Waals surface area contributed by atoms with Crippen LogP contribution >= 0.6 is 11.3 Å². The fourth-order valence-electron chi connectivity index (χ4n) is 3.26. The van der Waals surface area contributed by atoms with E-state index in [1.165, 1.54) is 16.9 Å². The summed E-state index contributed by atoms with van der Waals surface area (Å²) in [5, 5.41) is 17.2. The summed E-state index contributed by atoms with van der Waals surface area (Å²) in [5.74, 6) is 0.156. The van der Waals surface area contributed by atoms with Gasteiger partial charge in [-0.05, 0) is 37.8 Å². The molecule has 1 unspecified atom stereocenters. The standard InChI is InChI=1S/C20H25N5OS/c1-5-16(15-9-7-6-8-10-15)19-22-23-20(27-19)21-18(26)12-11-17-13(2)24-25(4)14(17)3/h6-10,16H,5,11-12H2,1-4H3,(H,21,23,26). The maximum atomic E-state index is 12.3. The van der Waals surface area contributed by atoms with Gasteiger partial charge in [0, 0.05) is 25.1 Å². The van der Waals surface area contributed by atoms with Crippen LogP contribution in [0.15, 0.2) is 30.3 Å². The first-order chi connectivity index (χ1) is 13.0. The molecule has 2 heterocycles. The van der Waals surface area contributed by atoms with Crippen molar-refractivity contribution in [3.8, 4) is 0 Å². The first-order valence-electron chi connectivity index (χ1n) is 9.16. The van der Waals surface area contributed by atoms with Crippen molar-refractivity contribution in [3.05, 3.63) is 57.9 Å². The van der Waals surface area contributed by atoms with Crippen molar-refractivity contribution in [1.82, 2.24) is 20.0 Å². The van der Waals surface area contributed by atoms with Gasteiger partial charge in [-0.1, -0.05) is 48.6 Å². The minimum Gasteiger partial charge on any atom is -0.301 e. The van der Waals surface area contributed by atoms with Gasteiger partial charge in [-0.15, -0.1) is 10.2 Å². The highest BCUT2D eigenvalue weighted by atomic mass is 32.1. The maximum Gasteiger partial charge on any atom is 0.226 e. The molecular weight excluding hydrogens is 358 g/mol. The van der Waals surface area contributed by atoms with E-state index in [1.807, 2.05) is 43.8 Å². The number of hydrogen-bond donors (Lipinski definition) is 1. The predicted molar refractivity (Wildman–Crippen MR) is 108 cm³/mol. The lowest BCUT2D eigenvalue weighted by Gasteiger charge is -2.11. The second-order valence-electron chi connectivity index (χ2n) is 6.64. The predicted octanol–water partition coefficient (Wildman–Crippen LogP) is 4.00. The minimum atomic E-state index is -0.0480. The zero-order valence-electron chi connectivity index (χ0n) is 16.2. The topological polar surface area (TPSA) is 72.7 Å². The van der Waals surface area contributed by atoms with E-state index in [-0.39, 0.29) is 11.8 Å². The Morgan fingerprint density at radius 1 is 1.22 bits per heavy atom. The van der Waals surface area contributed by atoms with Crippen LogP contribution < -0.4 is 5.32 Å². The van der Waals surface area contributed by atoms with E-state index < -0.39 is 0 Å². The van der Waals surface area contributed by atoms with Crippen LogP contribution in [0.1, 0.15) is 53.2 Å². The number of rotatable bonds is 7. The van der Waals surface area contributed by atoms with Crippen molar-refractivity contribution in [2.45, 2.75) is 46.0 Å². The van der Waals surface area contributed by atoms with Crippen molar-refractivity contribution in [3.63, 3.8) is 0 Å². The molecule has 1 aromatic carbocycles. The number of anilines is 1. The second kappa shape index (κ2) is 8.43. The van der Waals surface area contributed by atoms with E-state index in [0.717, 1.165) is 28.4 Å². The molecule has 7 heteroatoms. The van der Waals surface area contributed by atoms with Crippen LogP contribution in [0.25, 0.3) is 0 Å². The fraction of sp³-hybridized carbons (Fsp3) is 0.400.